The molecular formula is C33H46ClN5O8S. The van der Waals surface area contributed by atoms with Gasteiger partial charge < -0.3 is 36.1 Å². The first-order valence-corrected chi connectivity index (χ1v) is 17.3. The molecule has 4 amide bonds. The van der Waals surface area contributed by atoms with Gasteiger partial charge in [-0.05, 0) is 48.9 Å². The SMILES string of the molecule is COC(=O)[C@H]1CCC[C@@H](N(C(=O)CNC(=O)[C@@H](N)Cc2ccc(O)cc2)[C@@H](Cc2ccccc2)C(=O)NC(=O)C(N)CC[S+](C)[O-])C1.Cl. The van der Waals surface area contributed by atoms with Crippen molar-refractivity contribution in [2.75, 3.05) is 25.7 Å². The largest absolute Gasteiger partial charge is 0.617 e. The zero-order chi connectivity index (χ0) is 34.5. The Morgan fingerprint density at radius 1 is 0.958 bits per heavy atom. The standard InChI is InChI=1S/C33H45N5O8S.ClH/c1-46-33(44)23-9-6-10-24(19-23)38(29(40)20-36-30(41)27(35)17-22-11-13-25(39)14-12-22)28(18-21-7-4-3-5-8-21)32(43)37-31(42)26(34)15-16-47(2)45;/h3-5,7-8,11-14,23-24,26-28,39H,6,9-10,15-20,34-35H2,1-2H3,(H,36,41)(H,37,42,43);1H/t23-,24+,26?,27-,28-,47?;/m0./s1. The molecule has 7 N–H and O–H groups in total. The van der Waals surface area contributed by atoms with E-state index in [1.54, 1.807) is 42.5 Å². The molecule has 0 heterocycles. The molecule has 0 aromatic heterocycles. The second-order valence-corrected chi connectivity index (χ2v) is 13.3. The minimum absolute atomic E-state index is 0. The van der Waals surface area contributed by atoms with Crippen molar-refractivity contribution < 1.29 is 38.4 Å². The first-order valence-electron chi connectivity index (χ1n) is 15.5. The van der Waals surface area contributed by atoms with Crippen molar-refractivity contribution in [3.05, 3.63) is 65.7 Å². The van der Waals surface area contributed by atoms with Crippen molar-refractivity contribution in [1.82, 2.24) is 15.5 Å². The van der Waals surface area contributed by atoms with Crippen LogP contribution in [-0.2, 0) is 52.7 Å². The van der Waals surface area contributed by atoms with Gasteiger partial charge in [0.25, 0.3) is 0 Å². The summed E-state index contributed by atoms with van der Waals surface area (Å²) in [5.41, 5.74) is 13.5. The number of imide groups is 1. The molecule has 1 fully saturated rings. The fraction of sp³-hybridized carbons (Fsp3) is 0.485. The van der Waals surface area contributed by atoms with Crippen LogP contribution in [0.5, 0.6) is 5.75 Å². The zero-order valence-corrected chi connectivity index (χ0v) is 28.8. The number of phenols is 1. The number of halogens is 1. The van der Waals surface area contributed by atoms with Crippen molar-refractivity contribution in [3.63, 3.8) is 0 Å². The molecule has 13 nitrogen and oxygen atoms in total. The highest BCUT2D eigenvalue weighted by atomic mass is 35.5. The van der Waals surface area contributed by atoms with Crippen molar-refractivity contribution in [2.24, 2.45) is 17.4 Å². The molecule has 0 bridgehead atoms. The molecule has 48 heavy (non-hydrogen) atoms. The summed E-state index contributed by atoms with van der Waals surface area (Å²) in [6.45, 7) is -0.490. The highest BCUT2D eigenvalue weighted by Gasteiger charge is 2.40. The lowest BCUT2D eigenvalue weighted by molar-refractivity contribution is -0.151. The van der Waals surface area contributed by atoms with Crippen LogP contribution in [0, 0.1) is 5.92 Å². The van der Waals surface area contributed by atoms with Gasteiger partial charge in [-0.1, -0.05) is 60.1 Å². The number of ether oxygens (including phenoxy) is 1. The fourth-order valence-electron chi connectivity index (χ4n) is 5.67. The van der Waals surface area contributed by atoms with Crippen LogP contribution >= 0.6 is 12.4 Å². The molecule has 15 heteroatoms. The third-order valence-electron chi connectivity index (χ3n) is 8.21. The van der Waals surface area contributed by atoms with Crippen molar-refractivity contribution >= 4 is 53.2 Å². The maximum absolute atomic E-state index is 14.0. The van der Waals surface area contributed by atoms with Gasteiger partial charge in [0.05, 0.1) is 37.9 Å². The molecule has 0 saturated heterocycles. The molecule has 0 radical (unpaired) electrons. The lowest BCUT2D eigenvalue weighted by Crippen LogP contribution is -2.60. The molecule has 0 spiro atoms. The number of phenolic OH excluding ortho intramolecular Hbond substituents is 1. The first kappa shape index (κ1) is 40.5. The summed E-state index contributed by atoms with van der Waals surface area (Å²) in [5, 5.41) is 14.4. The molecule has 0 aliphatic heterocycles. The van der Waals surface area contributed by atoms with Gasteiger partial charge in [-0.25, -0.2) is 0 Å². The van der Waals surface area contributed by atoms with E-state index in [-0.39, 0.29) is 49.6 Å². The summed E-state index contributed by atoms with van der Waals surface area (Å²) in [5.74, 6) is -3.41. The molecule has 3 rings (SSSR count). The van der Waals surface area contributed by atoms with E-state index in [2.05, 4.69) is 10.6 Å². The number of hydrogen-bond acceptors (Lipinski definition) is 10. The summed E-state index contributed by atoms with van der Waals surface area (Å²) in [4.78, 5) is 67.7. The third kappa shape index (κ3) is 12.4. The average molecular weight is 708 g/mol. The van der Waals surface area contributed by atoms with Gasteiger partial charge in [-0.3, -0.25) is 29.3 Å². The minimum Gasteiger partial charge on any atom is -0.617 e. The number of nitrogens with two attached hydrogens (primary N) is 2. The average Bonchev–Trinajstić information content (AvgIpc) is 3.06. The lowest BCUT2D eigenvalue weighted by atomic mass is 9.83. The van der Waals surface area contributed by atoms with Gasteiger partial charge in [-0.2, -0.15) is 0 Å². The van der Waals surface area contributed by atoms with Crippen LogP contribution in [0.25, 0.3) is 0 Å². The van der Waals surface area contributed by atoms with Crippen molar-refractivity contribution in [3.8, 4) is 5.75 Å². The number of carbonyl (C=O) groups excluding carboxylic acids is 5. The second kappa shape index (κ2) is 20.0. The van der Waals surface area contributed by atoms with Crippen LogP contribution in [0.4, 0.5) is 0 Å². The maximum Gasteiger partial charge on any atom is 0.308 e. The van der Waals surface area contributed by atoms with Crippen molar-refractivity contribution in [1.29, 1.82) is 0 Å². The van der Waals surface area contributed by atoms with E-state index >= 15 is 0 Å². The Hall–Kier alpha value is -3.69. The minimum atomic E-state index is -1.20. The van der Waals surface area contributed by atoms with E-state index < -0.39 is 77.4 Å². The Morgan fingerprint density at radius 2 is 1.60 bits per heavy atom. The number of carbonyl (C=O) groups is 5. The van der Waals surface area contributed by atoms with E-state index in [4.69, 9.17) is 16.2 Å². The zero-order valence-electron chi connectivity index (χ0n) is 27.2. The number of rotatable bonds is 15. The van der Waals surface area contributed by atoms with Crippen LogP contribution in [0.3, 0.4) is 0 Å². The first-order chi connectivity index (χ1) is 22.4. The van der Waals surface area contributed by atoms with Crippen LogP contribution < -0.4 is 22.1 Å². The molecule has 6 atom stereocenters. The number of aromatic hydroxyl groups is 1. The summed E-state index contributed by atoms with van der Waals surface area (Å²) >= 11 is -1.19. The normalized spacial score (nSPS) is 18.2. The molecular weight excluding hydrogens is 662 g/mol. The summed E-state index contributed by atoms with van der Waals surface area (Å²) < 4.78 is 16.5. The lowest BCUT2D eigenvalue weighted by Gasteiger charge is -2.41. The van der Waals surface area contributed by atoms with Gasteiger partial charge in [0.1, 0.15) is 17.5 Å². The Bertz CT molecular complexity index is 1370. The highest BCUT2D eigenvalue weighted by Crippen LogP contribution is 2.31. The fourth-order valence-corrected chi connectivity index (χ4v) is 6.26. The Morgan fingerprint density at radius 3 is 2.23 bits per heavy atom. The van der Waals surface area contributed by atoms with Gasteiger partial charge in [-0.15, -0.1) is 12.4 Å². The second-order valence-electron chi connectivity index (χ2n) is 11.8. The quantitative estimate of drug-likeness (QED) is 0.129. The molecule has 2 aromatic rings. The molecule has 1 aliphatic rings. The predicted octanol–water partition coefficient (Wildman–Crippen LogP) is 0.710. The van der Waals surface area contributed by atoms with Crippen LogP contribution in [0.1, 0.15) is 43.2 Å². The molecule has 2 aromatic carbocycles. The molecule has 1 aliphatic carbocycles. The number of hydrogen-bond donors (Lipinski definition) is 5. The van der Waals surface area contributed by atoms with Crippen molar-refractivity contribution in [2.45, 2.75) is 69.1 Å². The summed E-state index contributed by atoms with van der Waals surface area (Å²) in [7, 11) is 1.29. The van der Waals surface area contributed by atoms with E-state index in [1.165, 1.54) is 30.4 Å². The number of benzene rings is 2. The Balaban J connectivity index is 0.00000800. The monoisotopic (exact) mass is 707 g/mol. The van der Waals surface area contributed by atoms with Crippen LogP contribution in [0.15, 0.2) is 54.6 Å². The smallest absolute Gasteiger partial charge is 0.308 e. The van der Waals surface area contributed by atoms with E-state index in [0.29, 0.717) is 30.4 Å². The number of esters is 1. The Kier molecular flexibility index (Phi) is 16.8. The topological polar surface area (TPSA) is 217 Å². The van der Waals surface area contributed by atoms with Gasteiger partial charge >= 0.3 is 5.97 Å². The number of methoxy groups -OCH3 is 1. The maximum atomic E-state index is 14.0. The third-order valence-corrected chi connectivity index (χ3v) is 9.03. The molecule has 2 unspecified atom stereocenters. The molecule has 1 saturated carbocycles. The van der Waals surface area contributed by atoms with Gasteiger partial charge in [0.2, 0.25) is 23.6 Å². The van der Waals surface area contributed by atoms with Gasteiger partial charge in [0.15, 0.2) is 0 Å². The van der Waals surface area contributed by atoms with Crippen LogP contribution in [-0.4, -0.2) is 94.0 Å². The van der Waals surface area contributed by atoms with E-state index in [0.717, 1.165) is 0 Å². The number of nitrogens with zero attached hydrogens (tertiary/aromatic N) is 1. The van der Waals surface area contributed by atoms with Crippen LogP contribution in [0.2, 0.25) is 0 Å². The van der Waals surface area contributed by atoms with E-state index in [1.807, 2.05) is 0 Å². The number of nitrogens with one attached hydrogen (secondary N) is 2. The predicted molar refractivity (Wildman–Crippen MR) is 183 cm³/mol. The van der Waals surface area contributed by atoms with Gasteiger partial charge in [0, 0.05) is 18.9 Å². The molecule has 264 valence electrons. The Labute approximate surface area is 290 Å². The van der Waals surface area contributed by atoms with E-state index in [9.17, 15) is 33.6 Å². The summed E-state index contributed by atoms with van der Waals surface area (Å²) in [6, 6.07) is 11.3. The summed E-state index contributed by atoms with van der Waals surface area (Å²) in [6.07, 6.45) is 3.59. The number of amides is 4. The highest BCUT2D eigenvalue weighted by molar-refractivity contribution is 7.90.